The number of halogens is 1. The number of amides is 3. The van der Waals surface area contributed by atoms with E-state index in [1.54, 1.807) is 6.08 Å². The highest BCUT2D eigenvalue weighted by atomic mass is 32.2. The van der Waals surface area contributed by atoms with Gasteiger partial charge in [0.05, 0.1) is 5.25 Å². The molecule has 0 saturated carbocycles. The Balaban J connectivity index is 1.53. The Bertz CT molecular complexity index is 1470. The molecule has 0 unspecified atom stereocenters. The molecular weight excluding hydrogens is 581 g/mol. The van der Waals surface area contributed by atoms with Gasteiger partial charge in [-0.3, -0.25) is 19.2 Å². The first-order valence-corrected chi connectivity index (χ1v) is 15.2. The third-order valence-electron chi connectivity index (χ3n) is 7.23. The number of aldehydes is 1. The molecule has 0 spiro atoms. The Labute approximate surface area is 259 Å². The van der Waals surface area contributed by atoms with E-state index in [9.17, 15) is 28.4 Å². The van der Waals surface area contributed by atoms with Gasteiger partial charge in [-0.05, 0) is 47.7 Å². The van der Waals surface area contributed by atoms with Crippen LogP contribution in [0.3, 0.4) is 0 Å². The summed E-state index contributed by atoms with van der Waals surface area (Å²) in [5, 5.41) is 7.11. The highest BCUT2D eigenvalue weighted by molar-refractivity contribution is 8.14. The summed E-state index contributed by atoms with van der Waals surface area (Å²) in [6, 6.07) is 21.9. The fraction of sp³-hybridized carbons (Fsp3) is 0.265. The second-order valence-corrected chi connectivity index (χ2v) is 11.8. The zero-order valence-corrected chi connectivity index (χ0v) is 24.8. The number of carbonyl (C=O) groups is 5. The molecule has 3 N–H and O–H groups in total. The van der Waals surface area contributed by atoms with Crippen LogP contribution in [0.4, 0.5) is 4.39 Å². The lowest BCUT2D eigenvalue weighted by molar-refractivity contribution is -0.128. The topological polar surface area (TPSA) is 121 Å². The van der Waals surface area contributed by atoms with Gasteiger partial charge in [0.2, 0.25) is 17.7 Å². The zero-order chi connectivity index (χ0) is 31.3. The molecule has 1 aliphatic heterocycles. The molecular formula is C34H34FN3O5S. The first-order chi connectivity index (χ1) is 21.3. The van der Waals surface area contributed by atoms with E-state index in [4.69, 9.17) is 0 Å². The molecule has 3 amide bonds. The smallest absolute Gasteiger partial charge is 0.244 e. The van der Waals surface area contributed by atoms with Crippen molar-refractivity contribution >= 4 is 47.0 Å². The summed E-state index contributed by atoms with van der Waals surface area (Å²) < 4.78 is 13.6. The molecule has 1 heterocycles. The predicted octanol–water partition coefficient (Wildman–Crippen LogP) is 3.65. The maximum absolute atomic E-state index is 13.8. The molecule has 0 aliphatic carbocycles. The molecule has 10 heteroatoms. The maximum Gasteiger partial charge on any atom is 0.244 e. The van der Waals surface area contributed by atoms with Crippen LogP contribution in [-0.2, 0) is 36.8 Å². The molecule has 228 valence electrons. The molecule has 0 aromatic heterocycles. The number of thioether (sulfide) groups is 1. The van der Waals surface area contributed by atoms with E-state index in [1.165, 1.54) is 30.3 Å². The summed E-state index contributed by atoms with van der Waals surface area (Å²) in [5.41, 5.74) is 2.18. The third kappa shape index (κ3) is 10.0. The normalized spacial score (nSPS) is 16.5. The van der Waals surface area contributed by atoms with Gasteiger partial charge >= 0.3 is 0 Å². The average molecular weight is 616 g/mol. The maximum atomic E-state index is 13.8. The van der Waals surface area contributed by atoms with Crippen molar-refractivity contribution in [1.29, 1.82) is 0 Å². The van der Waals surface area contributed by atoms with Gasteiger partial charge in [0.25, 0.3) is 0 Å². The van der Waals surface area contributed by atoms with Gasteiger partial charge in [0.15, 0.2) is 5.12 Å². The van der Waals surface area contributed by atoms with Crippen LogP contribution in [0.1, 0.15) is 29.5 Å². The minimum absolute atomic E-state index is 0.0412. The highest BCUT2D eigenvalue weighted by Crippen LogP contribution is 2.25. The van der Waals surface area contributed by atoms with Crippen molar-refractivity contribution < 1.29 is 28.4 Å². The van der Waals surface area contributed by atoms with Crippen LogP contribution >= 0.6 is 11.8 Å². The van der Waals surface area contributed by atoms with Gasteiger partial charge in [-0.15, -0.1) is 0 Å². The molecule has 4 rings (SSSR count). The number of benzene rings is 3. The number of hydrogen-bond donors (Lipinski definition) is 3. The number of nitrogens with one attached hydrogen (secondary N) is 3. The van der Waals surface area contributed by atoms with Crippen molar-refractivity contribution in [1.82, 2.24) is 16.0 Å². The molecule has 0 bridgehead atoms. The van der Waals surface area contributed by atoms with Crippen molar-refractivity contribution in [3.63, 3.8) is 0 Å². The van der Waals surface area contributed by atoms with Crippen LogP contribution in [0, 0.1) is 11.7 Å². The summed E-state index contributed by atoms with van der Waals surface area (Å²) in [7, 11) is 0. The van der Waals surface area contributed by atoms with E-state index in [0.717, 1.165) is 22.9 Å². The second-order valence-electron chi connectivity index (χ2n) is 10.5. The summed E-state index contributed by atoms with van der Waals surface area (Å²) in [5.74, 6) is -2.20. The van der Waals surface area contributed by atoms with E-state index >= 15 is 0 Å². The van der Waals surface area contributed by atoms with Crippen molar-refractivity contribution in [3.8, 4) is 0 Å². The SMILES string of the molecule is O=C[C@H](SC(=O)Cc1ccccc1)[C@H](C[C@@H]1CCNC1=O)NC(=O)[C@H](Cc1ccc(F)cc1)NC(=O)/C=C/c1ccccc1. The van der Waals surface area contributed by atoms with Gasteiger partial charge in [-0.25, -0.2) is 4.39 Å². The fourth-order valence-electron chi connectivity index (χ4n) is 4.92. The fourth-order valence-corrected chi connectivity index (χ4v) is 5.87. The molecule has 1 fully saturated rings. The monoisotopic (exact) mass is 615 g/mol. The average Bonchev–Trinajstić information content (AvgIpc) is 3.44. The van der Waals surface area contributed by atoms with Crippen LogP contribution < -0.4 is 16.0 Å². The van der Waals surface area contributed by atoms with Gasteiger partial charge in [-0.2, -0.15) is 0 Å². The first-order valence-electron chi connectivity index (χ1n) is 14.4. The van der Waals surface area contributed by atoms with Crippen LogP contribution in [-0.4, -0.2) is 53.0 Å². The summed E-state index contributed by atoms with van der Waals surface area (Å²) >= 11 is 0.818. The second kappa shape index (κ2) is 16.3. The lowest BCUT2D eigenvalue weighted by Gasteiger charge is -2.28. The van der Waals surface area contributed by atoms with E-state index in [-0.39, 0.29) is 30.3 Å². The predicted molar refractivity (Wildman–Crippen MR) is 168 cm³/mol. The first kappa shape index (κ1) is 32.3. The van der Waals surface area contributed by atoms with E-state index < -0.39 is 40.9 Å². The minimum Gasteiger partial charge on any atom is -0.356 e. The van der Waals surface area contributed by atoms with Gasteiger partial charge in [0.1, 0.15) is 18.1 Å². The Morgan fingerprint density at radius 3 is 2.25 bits per heavy atom. The van der Waals surface area contributed by atoms with Gasteiger partial charge in [0, 0.05) is 37.4 Å². The van der Waals surface area contributed by atoms with Gasteiger partial charge in [-0.1, -0.05) is 84.6 Å². The zero-order valence-electron chi connectivity index (χ0n) is 24.0. The number of carbonyl (C=O) groups excluding carboxylic acids is 5. The molecule has 0 radical (unpaired) electrons. The highest BCUT2D eigenvalue weighted by Gasteiger charge is 2.35. The van der Waals surface area contributed by atoms with Gasteiger partial charge < -0.3 is 20.7 Å². The molecule has 1 saturated heterocycles. The molecule has 3 aromatic carbocycles. The largest absolute Gasteiger partial charge is 0.356 e. The Morgan fingerprint density at radius 2 is 1.61 bits per heavy atom. The lowest BCUT2D eigenvalue weighted by Crippen LogP contribution is -2.53. The molecule has 44 heavy (non-hydrogen) atoms. The van der Waals surface area contributed by atoms with Crippen molar-refractivity contribution in [2.45, 2.75) is 43.0 Å². The Hall–Kier alpha value is -4.57. The lowest BCUT2D eigenvalue weighted by atomic mass is 9.95. The van der Waals surface area contributed by atoms with Crippen molar-refractivity contribution in [3.05, 3.63) is 114 Å². The third-order valence-corrected chi connectivity index (χ3v) is 8.35. The minimum atomic E-state index is -1.09. The van der Waals surface area contributed by atoms with E-state index in [1.807, 2.05) is 60.7 Å². The molecule has 8 nitrogen and oxygen atoms in total. The number of hydrogen-bond acceptors (Lipinski definition) is 6. The summed E-state index contributed by atoms with van der Waals surface area (Å²) in [6.07, 6.45) is 4.34. The van der Waals surface area contributed by atoms with Crippen molar-refractivity contribution in [2.75, 3.05) is 6.54 Å². The Morgan fingerprint density at radius 1 is 0.932 bits per heavy atom. The molecule has 4 atom stereocenters. The summed E-state index contributed by atoms with van der Waals surface area (Å²) in [6.45, 7) is 0.479. The Kier molecular flexibility index (Phi) is 12.0. The van der Waals surface area contributed by atoms with E-state index in [2.05, 4.69) is 16.0 Å². The summed E-state index contributed by atoms with van der Waals surface area (Å²) in [4.78, 5) is 64.3. The quantitative estimate of drug-likeness (QED) is 0.188. The van der Waals surface area contributed by atoms with Crippen LogP contribution in [0.15, 0.2) is 91.0 Å². The van der Waals surface area contributed by atoms with Crippen LogP contribution in [0.25, 0.3) is 6.08 Å². The van der Waals surface area contributed by atoms with Crippen LogP contribution in [0.5, 0.6) is 0 Å². The molecule has 3 aromatic rings. The number of rotatable bonds is 14. The molecule has 1 aliphatic rings. The van der Waals surface area contributed by atoms with E-state index in [0.29, 0.717) is 24.8 Å². The van der Waals surface area contributed by atoms with Crippen LogP contribution in [0.2, 0.25) is 0 Å². The standard InChI is InChI=1S/C34H34FN3O5S/c35-27-14-11-25(12-15-27)19-29(37-31(40)16-13-23-7-3-1-4-8-23)34(43)38-28(21-26-17-18-36-33(26)42)30(22-39)44-32(41)20-24-9-5-2-6-10-24/h1-16,22,26,28-30H,17-21H2,(H,36,42)(H,37,40)(H,38,43)/b16-13+/t26-,28-,29-,30-/m0/s1. The van der Waals surface area contributed by atoms with Crippen molar-refractivity contribution in [2.24, 2.45) is 5.92 Å².